The molecule has 7 nitrogen and oxygen atoms in total. The minimum atomic E-state index is 0.0368. The first-order chi connectivity index (χ1) is 19.0. The summed E-state index contributed by atoms with van der Waals surface area (Å²) in [6, 6.07) is 26.9. The second-order valence-electron chi connectivity index (χ2n) is 9.72. The zero-order valence-corrected chi connectivity index (χ0v) is 22.3. The van der Waals surface area contributed by atoms with Crippen LogP contribution < -0.4 is 15.5 Å². The number of nitrogens with one attached hydrogen (secondary N) is 1. The fourth-order valence-corrected chi connectivity index (χ4v) is 5.12. The van der Waals surface area contributed by atoms with E-state index in [1.165, 1.54) is 0 Å². The Morgan fingerprint density at radius 1 is 0.949 bits per heavy atom. The van der Waals surface area contributed by atoms with Gasteiger partial charge in [0, 0.05) is 47.5 Å². The Bertz CT molecular complexity index is 1620. The molecule has 39 heavy (non-hydrogen) atoms. The molecule has 3 aromatic carbocycles. The van der Waals surface area contributed by atoms with E-state index in [0.29, 0.717) is 29.4 Å². The molecule has 0 bridgehead atoms. The highest BCUT2D eigenvalue weighted by molar-refractivity contribution is 6.36. The SMILES string of the molecule is Bc1cnn2c(NC3CCN(C(=O)c4ccc(Oc5ccccc5)cc4)CC3)cc(-c3ccccc3Cl)nc12. The minimum Gasteiger partial charge on any atom is -0.457 e. The summed E-state index contributed by atoms with van der Waals surface area (Å²) in [7, 11) is 2.00. The van der Waals surface area contributed by atoms with Crippen molar-refractivity contribution in [1.29, 1.82) is 0 Å². The van der Waals surface area contributed by atoms with E-state index < -0.39 is 0 Å². The Labute approximate surface area is 232 Å². The molecule has 1 aliphatic heterocycles. The minimum absolute atomic E-state index is 0.0368. The monoisotopic (exact) mass is 535 g/mol. The van der Waals surface area contributed by atoms with Gasteiger partial charge in [-0.25, -0.2) is 4.98 Å². The number of fused-ring (bicyclic) bond motifs is 1. The Balaban J connectivity index is 1.13. The molecule has 1 fully saturated rings. The highest BCUT2D eigenvalue weighted by Gasteiger charge is 2.25. The maximum absolute atomic E-state index is 13.2. The van der Waals surface area contributed by atoms with Crippen molar-refractivity contribution < 1.29 is 9.53 Å². The molecule has 0 atom stereocenters. The number of hydrogen-bond acceptors (Lipinski definition) is 5. The van der Waals surface area contributed by atoms with Gasteiger partial charge in [-0.1, -0.05) is 48.0 Å². The van der Waals surface area contributed by atoms with E-state index in [1.807, 2.05) is 108 Å². The van der Waals surface area contributed by atoms with Crippen molar-refractivity contribution in [3.63, 3.8) is 0 Å². The second-order valence-corrected chi connectivity index (χ2v) is 10.1. The summed E-state index contributed by atoms with van der Waals surface area (Å²) in [5.41, 5.74) is 4.13. The van der Waals surface area contributed by atoms with Crippen LogP contribution in [0.25, 0.3) is 16.9 Å². The lowest BCUT2D eigenvalue weighted by molar-refractivity contribution is 0.0718. The lowest BCUT2D eigenvalue weighted by Gasteiger charge is -2.33. The normalized spacial score (nSPS) is 13.9. The van der Waals surface area contributed by atoms with Crippen LogP contribution in [-0.2, 0) is 0 Å². The quantitative estimate of drug-likeness (QED) is 0.316. The number of ether oxygens (including phenoxy) is 1. The average molecular weight is 536 g/mol. The van der Waals surface area contributed by atoms with Gasteiger partial charge in [-0.2, -0.15) is 9.61 Å². The number of likely N-dealkylation sites (tertiary alicyclic amines) is 1. The van der Waals surface area contributed by atoms with Crippen LogP contribution in [-0.4, -0.2) is 52.4 Å². The van der Waals surface area contributed by atoms with Crippen LogP contribution in [0, 0.1) is 0 Å². The van der Waals surface area contributed by atoms with Crippen LogP contribution in [0.4, 0.5) is 5.82 Å². The predicted octanol–water partition coefficient (Wildman–Crippen LogP) is 4.82. The van der Waals surface area contributed by atoms with Crippen molar-refractivity contribution in [2.45, 2.75) is 18.9 Å². The number of benzene rings is 3. The van der Waals surface area contributed by atoms with Crippen molar-refractivity contribution >= 4 is 42.3 Å². The van der Waals surface area contributed by atoms with Crippen molar-refractivity contribution in [3.8, 4) is 22.8 Å². The number of para-hydroxylation sites is 1. The Morgan fingerprint density at radius 3 is 2.38 bits per heavy atom. The summed E-state index contributed by atoms with van der Waals surface area (Å²) in [4.78, 5) is 19.9. The zero-order chi connectivity index (χ0) is 26.8. The van der Waals surface area contributed by atoms with Crippen LogP contribution in [0.15, 0.2) is 91.1 Å². The predicted molar refractivity (Wildman–Crippen MR) is 157 cm³/mol. The molecule has 0 radical (unpaired) electrons. The number of piperidine rings is 1. The third-order valence-electron chi connectivity index (χ3n) is 7.01. The van der Waals surface area contributed by atoms with Gasteiger partial charge in [0.1, 0.15) is 25.2 Å². The van der Waals surface area contributed by atoms with Gasteiger partial charge in [-0.3, -0.25) is 4.79 Å². The number of carbonyl (C=O) groups is 1. The largest absolute Gasteiger partial charge is 0.457 e. The Morgan fingerprint density at radius 2 is 1.64 bits per heavy atom. The lowest BCUT2D eigenvalue weighted by atomic mass is 10.0. The third kappa shape index (κ3) is 5.33. The van der Waals surface area contributed by atoms with E-state index in [-0.39, 0.29) is 11.9 Å². The van der Waals surface area contributed by atoms with Gasteiger partial charge in [-0.05, 0) is 60.8 Å². The summed E-state index contributed by atoms with van der Waals surface area (Å²) in [6.45, 7) is 1.34. The Kier molecular flexibility index (Phi) is 6.94. The molecule has 0 spiro atoms. The molecular formula is C30H27BClN5O2. The van der Waals surface area contributed by atoms with Crippen molar-refractivity contribution in [1.82, 2.24) is 19.5 Å². The molecule has 5 aromatic rings. The maximum Gasteiger partial charge on any atom is 0.253 e. The van der Waals surface area contributed by atoms with Crippen molar-refractivity contribution in [3.05, 3.63) is 102 Å². The number of amides is 1. The molecule has 0 aliphatic carbocycles. The van der Waals surface area contributed by atoms with E-state index >= 15 is 0 Å². The van der Waals surface area contributed by atoms with E-state index in [1.54, 1.807) is 0 Å². The molecular weight excluding hydrogens is 509 g/mol. The number of halogens is 1. The first-order valence-electron chi connectivity index (χ1n) is 13.0. The molecule has 1 aliphatic rings. The molecule has 194 valence electrons. The van der Waals surface area contributed by atoms with Crippen molar-refractivity contribution in [2.24, 2.45) is 0 Å². The van der Waals surface area contributed by atoms with Gasteiger partial charge in [0.25, 0.3) is 5.91 Å². The number of aromatic nitrogens is 3. The van der Waals surface area contributed by atoms with Crippen LogP contribution in [0.2, 0.25) is 5.02 Å². The van der Waals surface area contributed by atoms with E-state index in [9.17, 15) is 4.79 Å². The van der Waals surface area contributed by atoms with Gasteiger partial charge in [0.05, 0.1) is 5.69 Å². The molecule has 9 heteroatoms. The summed E-state index contributed by atoms with van der Waals surface area (Å²) in [5.74, 6) is 2.37. The van der Waals surface area contributed by atoms with Crippen LogP contribution in [0.5, 0.6) is 11.5 Å². The summed E-state index contributed by atoms with van der Waals surface area (Å²) in [6.07, 6.45) is 3.47. The zero-order valence-electron chi connectivity index (χ0n) is 21.5. The van der Waals surface area contributed by atoms with E-state index in [2.05, 4.69) is 10.4 Å². The summed E-state index contributed by atoms with van der Waals surface area (Å²) >= 11 is 6.48. The van der Waals surface area contributed by atoms with Gasteiger partial charge in [0.2, 0.25) is 0 Å². The molecule has 0 saturated carbocycles. The molecule has 6 rings (SSSR count). The third-order valence-corrected chi connectivity index (χ3v) is 7.34. The molecule has 2 aromatic heterocycles. The van der Waals surface area contributed by atoms with Gasteiger partial charge in [-0.15, -0.1) is 0 Å². The highest BCUT2D eigenvalue weighted by atomic mass is 35.5. The van der Waals surface area contributed by atoms with Gasteiger partial charge < -0.3 is 15.0 Å². The van der Waals surface area contributed by atoms with Crippen LogP contribution in [0.3, 0.4) is 0 Å². The van der Waals surface area contributed by atoms with Crippen LogP contribution in [0.1, 0.15) is 23.2 Å². The lowest BCUT2D eigenvalue weighted by Crippen LogP contribution is -2.42. The highest BCUT2D eigenvalue weighted by Crippen LogP contribution is 2.29. The van der Waals surface area contributed by atoms with Crippen molar-refractivity contribution in [2.75, 3.05) is 18.4 Å². The summed E-state index contributed by atoms with van der Waals surface area (Å²) < 4.78 is 7.69. The fourth-order valence-electron chi connectivity index (χ4n) is 4.89. The molecule has 1 amide bonds. The fraction of sp³-hybridized carbons (Fsp3) is 0.167. The number of rotatable bonds is 6. The molecule has 3 heterocycles. The van der Waals surface area contributed by atoms with E-state index in [4.69, 9.17) is 21.3 Å². The first kappa shape index (κ1) is 25.0. The first-order valence-corrected chi connectivity index (χ1v) is 13.4. The van der Waals surface area contributed by atoms with Crippen LogP contribution >= 0.6 is 11.6 Å². The molecule has 0 unspecified atom stereocenters. The number of anilines is 1. The standard InChI is InChI=1S/C30H27BClN5O2/c31-25-19-33-37-28(18-27(35-29(25)37)24-8-4-5-9-26(24)32)34-21-14-16-36(17-15-21)30(38)20-10-12-23(13-11-20)39-22-6-2-1-3-7-22/h1-13,18-19,21,34H,14-17,31H2. The molecule has 1 N–H and O–H groups in total. The topological polar surface area (TPSA) is 71.8 Å². The summed E-state index contributed by atoms with van der Waals surface area (Å²) in [5, 5.41) is 8.86. The second kappa shape index (κ2) is 10.8. The Hall–Kier alpha value is -4.30. The maximum atomic E-state index is 13.2. The van der Waals surface area contributed by atoms with Gasteiger partial charge in [0.15, 0.2) is 5.65 Å². The number of hydrogen-bond donors (Lipinski definition) is 1. The number of nitrogens with zero attached hydrogens (tertiary/aromatic N) is 4. The average Bonchev–Trinajstić information content (AvgIpc) is 3.35. The smallest absolute Gasteiger partial charge is 0.253 e. The van der Waals surface area contributed by atoms with Gasteiger partial charge >= 0.3 is 0 Å². The van der Waals surface area contributed by atoms with E-state index in [0.717, 1.165) is 46.8 Å². The molecule has 1 saturated heterocycles. The number of carbonyl (C=O) groups excluding carboxylic acids is 1.